The zero-order valence-corrected chi connectivity index (χ0v) is 12.5. The predicted molar refractivity (Wildman–Crippen MR) is 82.6 cm³/mol. The van der Waals surface area contributed by atoms with Gasteiger partial charge in [-0.25, -0.2) is 11.6 Å². The first-order chi connectivity index (χ1) is 11.0. The largest absolute Gasteiger partial charge is 0.387 e. The van der Waals surface area contributed by atoms with Crippen LogP contribution in [0.15, 0.2) is 22.2 Å². The van der Waals surface area contributed by atoms with Crippen LogP contribution < -0.4 is 11.3 Å². The second-order valence-electron chi connectivity index (χ2n) is 5.30. The highest BCUT2D eigenvalue weighted by molar-refractivity contribution is 6.26. The standard InChI is InChI=1S/C13H13ClN6O3/c1-16-13(4-21)6(3-14)7(2-8(13)22)20-5-17-9-10(20)18-12(15)19-11(9)23/h3,5,7-8,21-22H,2,4H2,(H3,15,18,19,23)/b6-3-/t7-,8-,13+/m0/s1. The number of fused-ring (bicyclic) bond motifs is 1. The highest BCUT2D eigenvalue weighted by Crippen LogP contribution is 2.46. The Kier molecular flexibility index (Phi) is 3.60. The molecule has 1 aliphatic carbocycles. The van der Waals surface area contributed by atoms with Gasteiger partial charge in [-0.3, -0.25) is 14.6 Å². The van der Waals surface area contributed by atoms with Gasteiger partial charge >= 0.3 is 5.54 Å². The number of aliphatic hydroxyl groups excluding tert-OH is 2. The van der Waals surface area contributed by atoms with Crippen LogP contribution in [0.3, 0.4) is 0 Å². The Morgan fingerprint density at radius 1 is 1.70 bits per heavy atom. The summed E-state index contributed by atoms with van der Waals surface area (Å²) in [6.45, 7) is 6.77. The Morgan fingerprint density at radius 3 is 3.04 bits per heavy atom. The van der Waals surface area contributed by atoms with Gasteiger partial charge in [0.05, 0.1) is 17.9 Å². The Bertz CT molecular complexity index is 897. The molecular weight excluding hydrogens is 324 g/mol. The molecule has 0 aliphatic heterocycles. The molecule has 0 amide bonds. The van der Waals surface area contributed by atoms with Gasteiger partial charge in [-0.2, -0.15) is 4.98 Å². The van der Waals surface area contributed by atoms with Crippen molar-refractivity contribution in [2.75, 3.05) is 12.3 Å². The number of aliphatic hydroxyl groups is 2. The van der Waals surface area contributed by atoms with Crippen molar-refractivity contribution in [3.8, 4) is 0 Å². The summed E-state index contributed by atoms with van der Waals surface area (Å²) >= 11 is 5.87. The zero-order chi connectivity index (χ0) is 16.8. The van der Waals surface area contributed by atoms with E-state index in [9.17, 15) is 15.0 Å². The second kappa shape index (κ2) is 5.34. The lowest BCUT2D eigenvalue weighted by molar-refractivity contribution is 0.0988. The van der Waals surface area contributed by atoms with E-state index in [1.54, 1.807) is 0 Å². The number of aromatic nitrogens is 4. The molecule has 9 nitrogen and oxygen atoms in total. The third kappa shape index (κ3) is 2.03. The molecule has 1 fully saturated rings. The number of anilines is 1. The van der Waals surface area contributed by atoms with Crippen LogP contribution in [0.4, 0.5) is 5.95 Å². The maximum Gasteiger partial charge on any atom is 0.304 e. The third-order valence-corrected chi connectivity index (χ3v) is 4.44. The summed E-state index contributed by atoms with van der Waals surface area (Å²) in [5, 5.41) is 19.9. The molecule has 3 rings (SSSR count). The van der Waals surface area contributed by atoms with Crippen LogP contribution in [-0.2, 0) is 0 Å². The van der Waals surface area contributed by atoms with Gasteiger partial charge in [0, 0.05) is 12.0 Å². The fourth-order valence-corrected chi connectivity index (χ4v) is 3.32. The van der Waals surface area contributed by atoms with Crippen molar-refractivity contribution in [2.45, 2.75) is 24.1 Å². The molecule has 2 heterocycles. The first-order valence-corrected chi connectivity index (χ1v) is 7.12. The number of aromatic amines is 1. The molecular formula is C13H13ClN6O3. The highest BCUT2D eigenvalue weighted by atomic mass is 35.5. The minimum Gasteiger partial charge on any atom is -0.387 e. The Balaban J connectivity index is 2.21. The van der Waals surface area contributed by atoms with Gasteiger partial charge in [0.2, 0.25) is 5.95 Å². The van der Waals surface area contributed by atoms with Gasteiger partial charge in [0.15, 0.2) is 11.2 Å². The maximum atomic E-state index is 11.9. The van der Waals surface area contributed by atoms with E-state index in [2.05, 4.69) is 19.8 Å². The smallest absolute Gasteiger partial charge is 0.304 e. The summed E-state index contributed by atoms with van der Waals surface area (Å²) in [7, 11) is 0. The van der Waals surface area contributed by atoms with Gasteiger partial charge in [0.25, 0.3) is 5.56 Å². The van der Waals surface area contributed by atoms with Crippen LogP contribution in [0.2, 0.25) is 0 Å². The van der Waals surface area contributed by atoms with Gasteiger partial charge in [-0.15, -0.1) is 0 Å². The number of nitrogens with zero attached hydrogens (tertiary/aromatic N) is 4. The molecule has 0 aromatic carbocycles. The molecule has 23 heavy (non-hydrogen) atoms. The maximum absolute atomic E-state index is 11.9. The first kappa shape index (κ1) is 15.5. The van der Waals surface area contributed by atoms with E-state index < -0.39 is 29.9 Å². The number of nitrogens with two attached hydrogens (primary N) is 1. The van der Waals surface area contributed by atoms with Crippen LogP contribution in [0, 0.1) is 6.57 Å². The fourth-order valence-electron chi connectivity index (χ4n) is 2.99. The Morgan fingerprint density at radius 2 is 2.43 bits per heavy atom. The van der Waals surface area contributed by atoms with Crippen LogP contribution in [0.1, 0.15) is 12.5 Å². The third-order valence-electron chi connectivity index (χ3n) is 4.20. The quantitative estimate of drug-likeness (QED) is 0.560. The molecule has 0 bridgehead atoms. The molecule has 2 aromatic heterocycles. The molecule has 5 N–H and O–H groups in total. The predicted octanol–water partition coefficient (Wildman–Crippen LogP) is -0.219. The van der Waals surface area contributed by atoms with E-state index >= 15 is 0 Å². The number of imidazole rings is 1. The van der Waals surface area contributed by atoms with Crippen molar-refractivity contribution in [3.63, 3.8) is 0 Å². The molecule has 0 saturated heterocycles. The van der Waals surface area contributed by atoms with Gasteiger partial charge in [-0.1, -0.05) is 11.6 Å². The number of hydrogen-bond donors (Lipinski definition) is 4. The van der Waals surface area contributed by atoms with Crippen LogP contribution in [0.25, 0.3) is 16.0 Å². The summed E-state index contributed by atoms with van der Waals surface area (Å²) in [4.78, 5) is 25.7. The molecule has 2 aromatic rings. The number of H-pyrrole nitrogens is 1. The zero-order valence-electron chi connectivity index (χ0n) is 11.8. The number of nitrogen functional groups attached to an aromatic ring is 1. The molecule has 1 saturated carbocycles. The molecule has 0 spiro atoms. The summed E-state index contributed by atoms with van der Waals surface area (Å²) in [6, 6.07) is -0.567. The summed E-state index contributed by atoms with van der Waals surface area (Å²) in [5.74, 6) is -0.0715. The lowest BCUT2D eigenvalue weighted by atomic mass is 9.93. The van der Waals surface area contributed by atoms with Crippen molar-refractivity contribution in [2.24, 2.45) is 0 Å². The highest BCUT2D eigenvalue weighted by Gasteiger charge is 2.58. The van der Waals surface area contributed by atoms with Crippen molar-refractivity contribution >= 4 is 28.7 Å². The molecule has 0 unspecified atom stereocenters. The van der Waals surface area contributed by atoms with E-state index in [0.717, 1.165) is 0 Å². The van der Waals surface area contributed by atoms with Crippen molar-refractivity contribution in [1.82, 2.24) is 19.5 Å². The number of hydrogen-bond acceptors (Lipinski definition) is 6. The Hall–Kier alpha value is -2.41. The van der Waals surface area contributed by atoms with E-state index in [1.165, 1.54) is 16.4 Å². The SMILES string of the molecule is [C-]#[N+][C@]1(CO)/C(=C\Cl)[C@@H](n2cnc3c(=O)[nH]c(N)nc32)C[C@@H]1O. The molecule has 3 atom stereocenters. The van der Waals surface area contributed by atoms with E-state index in [0.29, 0.717) is 5.57 Å². The second-order valence-corrected chi connectivity index (χ2v) is 5.52. The van der Waals surface area contributed by atoms with Crippen LogP contribution in [-0.4, -0.2) is 48.0 Å². The minimum atomic E-state index is -1.52. The van der Waals surface area contributed by atoms with Crippen molar-refractivity contribution in [1.29, 1.82) is 0 Å². The van der Waals surface area contributed by atoms with Crippen molar-refractivity contribution < 1.29 is 10.2 Å². The van der Waals surface area contributed by atoms with Crippen molar-refractivity contribution in [3.05, 3.63) is 39.2 Å². The minimum absolute atomic E-state index is 0.0715. The van der Waals surface area contributed by atoms with E-state index in [-0.39, 0.29) is 23.5 Å². The number of halogens is 1. The molecule has 0 radical (unpaired) electrons. The Labute approximate surface area is 134 Å². The molecule has 1 aliphatic rings. The average molecular weight is 337 g/mol. The van der Waals surface area contributed by atoms with Gasteiger partial charge in [0.1, 0.15) is 12.7 Å². The van der Waals surface area contributed by atoms with Gasteiger partial charge in [-0.05, 0) is 0 Å². The lowest BCUT2D eigenvalue weighted by Gasteiger charge is -2.20. The van der Waals surface area contributed by atoms with E-state index in [4.69, 9.17) is 23.9 Å². The molecule has 10 heteroatoms. The monoisotopic (exact) mass is 336 g/mol. The molecule has 120 valence electrons. The summed E-state index contributed by atoms with van der Waals surface area (Å²) in [6.07, 6.45) is 0.389. The topological polar surface area (TPSA) is 134 Å². The lowest BCUT2D eigenvalue weighted by Crippen LogP contribution is -2.39. The van der Waals surface area contributed by atoms with Crippen LogP contribution >= 0.6 is 11.6 Å². The summed E-state index contributed by atoms with van der Waals surface area (Å²) < 4.78 is 1.53. The first-order valence-electron chi connectivity index (χ1n) is 6.69. The number of rotatable bonds is 2. The fraction of sp³-hybridized carbons (Fsp3) is 0.385. The normalized spacial score (nSPS) is 29.2. The van der Waals surface area contributed by atoms with Gasteiger partial charge < -0.3 is 20.5 Å². The summed E-state index contributed by atoms with van der Waals surface area (Å²) in [5.41, 5.74) is 5.39. The van der Waals surface area contributed by atoms with E-state index in [1.807, 2.05) is 0 Å². The van der Waals surface area contributed by atoms with Crippen LogP contribution in [0.5, 0.6) is 0 Å². The average Bonchev–Trinajstić information content (AvgIpc) is 3.05. The number of nitrogens with one attached hydrogen (secondary N) is 1.